The van der Waals surface area contributed by atoms with Crippen LogP contribution in [0.15, 0.2) is 57.5 Å². The number of esters is 1. The summed E-state index contributed by atoms with van der Waals surface area (Å²) in [4.78, 5) is 32.3. The molecule has 1 unspecified atom stereocenters. The second-order valence-corrected chi connectivity index (χ2v) is 10.4. The minimum Gasteiger partial charge on any atom is -0.493 e. The van der Waals surface area contributed by atoms with Crippen LogP contribution >= 0.6 is 11.3 Å². The van der Waals surface area contributed by atoms with Crippen molar-refractivity contribution < 1.29 is 28.5 Å². The molecule has 218 valence electrons. The van der Waals surface area contributed by atoms with Crippen LogP contribution in [0.1, 0.15) is 57.2 Å². The maximum Gasteiger partial charge on any atom is 0.338 e. The number of hydrogen-bond acceptors (Lipinski definition) is 9. The molecule has 0 radical (unpaired) electrons. The first-order valence-corrected chi connectivity index (χ1v) is 14.4. The average molecular weight is 581 g/mol. The number of benzene rings is 2. The van der Waals surface area contributed by atoms with Crippen molar-refractivity contribution in [1.82, 2.24) is 4.57 Å². The molecule has 1 atom stereocenters. The molecule has 1 aromatic heterocycles. The van der Waals surface area contributed by atoms with Crippen molar-refractivity contribution in [1.29, 1.82) is 0 Å². The number of ether oxygens (including phenoxy) is 5. The van der Waals surface area contributed by atoms with Crippen molar-refractivity contribution in [2.75, 3.05) is 34.5 Å². The molecule has 2 aromatic carbocycles. The lowest BCUT2D eigenvalue weighted by atomic mass is 9.95. The van der Waals surface area contributed by atoms with Crippen LogP contribution in [0, 0.1) is 0 Å². The topological polar surface area (TPSA) is 97.6 Å². The number of hydrogen-bond donors (Lipinski definition) is 0. The standard InChI is InChI=1S/C31H36N2O7S/c1-7-9-10-15-40-23-14-12-21(18-25(23)38-6)28-27(30(35)39-8-2)19(3)32-31-33(28)29(34)26(41-31)17-20-11-13-22(36-4)24(16-20)37-5/h11-14,16-18,28H,7-10,15H2,1-6H3/b26-17-. The van der Waals surface area contributed by atoms with Gasteiger partial charge in [-0.2, -0.15) is 0 Å². The van der Waals surface area contributed by atoms with Gasteiger partial charge in [-0.1, -0.05) is 43.2 Å². The summed E-state index contributed by atoms with van der Waals surface area (Å²) in [6, 6.07) is 10.1. The minimum atomic E-state index is -0.763. The van der Waals surface area contributed by atoms with Crippen molar-refractivity contribution >= 4 is 23.4 Å². The van der Waals surface area contributed by atoms with E-state index in [1.807, 2.05) is 24.3 Å². The molecule has 0 spiro atoms. The number of thiazole rings is 1. The highest BCUT2D eigenvalue weighted by Gasteiger charge is 2.34. The van der Waals surface area contributed by atoms with Crippen LogP contribution < -0.4 is 33.8 Å². The Morgan fingerprint density at radius 2 is 1.68 bits per heavy atom. The normalized spacial score (nSPS) is 14.8. The second-order valence-electron chi connectivity index (χ2n) is 9.38. The first kappa shape index (κ1) is 29.9. The zero-order chi connectivity index (χ0) is 29.5. The number of rotatable bonds is 12. The highest BCUT2D eigenvalue weighted by Crippen LogP contribution is 2.36. The molecule has 10 heteroatoms. The molecular formula is C31H36N2O7S. The van der Waals surface area contributed by atoms with Gasteiger partial charge in [0.15, 0.2) is 27.8 Å². The van der Waals surface area contributed by atoms with E-state index in [1.165, 1.54) is 11.3 Å². The van der Waals surface area contributed by atoms with Gasteiger partial charge >= 0.3 is 5.97 Å². The number of methoxy groups -OCH3 is 3. The largest absolute Gasteiger partial charge is 0.493 e. The van der Waals surface area contributed by atoms with Crippen molar-refractivity contribution in [2.45, 2.75) is 46.1 Å². The maximum atomic E-state index is 13.9. The number of allylic oxidation sites excluding steroid dienone is 1. The van der Waals surface area contributed by atoms with E-state index in [1.54, 1.807) is 58.0 Å². The molecule has 0 fully saturated rings. The van der Waals surface area contributed by atoms with Gasteiger partial charge in [0.1, 0.15) is 0 Å². The van der Waals surface area contributed by atoms with Gasteiger partial charge in [0, 0.05) is 0 Å². The quantitative estimate of drug-likeness (QED) is 0.232. The zero-order valence-electron chi connectivity index (χ0n) is 24.3. The van der Waals surface area contributed by atoms with E-state index in [9.17, 15) is 9.59 Å². The van der Waals surface area contributed by atoms with Gasteiger partial charge in [-0.25, -0.2) is 9.79 Å². The lowest BCUT2D eigenvalue weighted by Gasteiger charge is -2.25. The highest BCUT2D eigenvalue weighted by molar-refractivity contribution is 7.07. The molecule has 1 aliphatic rings. The molecule has 3 aromatic rings. The van der Waals surface area contributed by atoms with E-state index in [4.69, 9.17) is 23.7 Å². The second kappa shape index (κ2) is 13.5. The van der Waals surface area contributed by atoms with Crippen LogP contribution in [0.3, 0.4) is 0 Å². The van der Waals surface area contributed by atoms with E-state index < -0.39 is 12.0 Å². The first-order valence-electron chi connectivity index (χ1n) is 13.6. The summed E-state index contributed by atoms with van der Waals surface area (Å²) in [5, 5.41) is 0. The van der Waals surface area contributed by atoms with Gasteiger partial charge in [-0.15, -0.1) is 0 Å². The summed E-state index contributed by atoms with van der Waals surface area (Å²) < 4.78 is 29.8. The lowest BCUT2D eigenvalue weighted by molar-refractivity contribution is -0.139. The molecule has 0 N–H and O–H groups in total. The Hall–Kier alpha value is -4.05. The number of aromatic nitrogens is 1. The lowest BCUT2D eigenvalue weighted by Crippen LogP contribution is -2.40. The summed E-state index contributed by atoms with van der Waals surface area (Å²) in [5.74, 6) is 1.74. The van der Waals surface area contributed by atoms with Crippen LogP contribution in [0.4, 0.5) is 0 Å². The molecule has 0 saturated carbocycles. The van der Waals surface area contributed by atoms with E-state index in [0.717, 1.165) is 24.8 Å². The van der Waals surface area contributed by atoms with Gasteiger partial charge in [0.25, 0.3) is 5.56 Å². The van der Waals surface area contributed by atoms with E-state index in [0.29, 0.717) is 55.8 Å². The predicted molar refractivity (Wildman–Crippen MR) is 158 cm³/mol. The minimum absolute atomic E-state index is 0.194. The van der Waals surface area contributed by atoms with Crippen molar-refractivity contribution in [3.05, 3.63) is 78.5 Å². The van der Waals surface area contributed by atoms with Gasteiger partial charge in [0.2, 0.25) is 0 Å². The molecule has 1 aliphatic heterocycles. The third-order valence-corrected chi connectivity index (χ3v) is 7.71. The SMILES string of the molecule is CCCCCOc1ccc(C2C(C(=O)OCC)=C(C)N=c3s/c(=C\c4ccc(OC)c(OC)c4)c(=O)n32)cc1OC. The van der Waals surface area contributed by atoms with Crippen LogP contribution in [0.25, 0.3) is 6.08 Å². The summed E-state index contributed by atoms with van der Waals surface area (Å²) >= 11 is 1.25. The molecular weight excluding hydrogens is 544 g/mol. The molecule has 0 aliphatic carbocycles. The maximum absolute atomic E-state index is 13.9. The number of unbranched alkanes of at least 4 members (excludes halogenated alkanes) is 2. The summed E-state index contributed by atoms with van der Waals surface area (Å²) in [7, 11) is 4.70. The third-order valence-electron chi connectivity index (χ3n) is 6.73. The smallest absolute Gasteiger partial charge is 0.338 e. The Labute approximate surface area is 243 Å². The summed E-state index contributed by atoms with van der Waals surface area (Å²) in [5.41, 5.74) is 1.96. The predicted octanol–water partition coefficient (Wildman–Crippen LogP) is 4.39. The Morgan fingerprint density at radius 3 is 2.37 bits per heavy atom. The van der Waals surface area contributed by atoms with Gasteiger partial charge in [-0.05, 0) is 61.7 Å². The highest BCUT2D eigenvalue weighted by atomic mass is 32.1. The molecule has 4 rings (SSSR count). The summed E-state index contributed by atoms with van der Waals surface area (Å²) in [6.07, 6.45) is 4.89. The molecule has 41 heavy (non-hydrogen) atoms. The molecule has 0 bridgehead atoms. The molecule has 0 saturated heterocycles. The summed E-state index contributed by atoms with van der Waals surface area (Å²) in [6.45, 7) is 6.41. The fraction of sp³-hybridized carbons (Fsp3) is 0.387. The van der Waals surface area contributed by atoms with Gasteiger partial charge in [0.05, 0.1) is 56.4 Å². The third kappa shape index (κ3) is 6.32. The van der Waals surface area contributed by atoms with Crippen LogP contribution in [-0.4, -0.2) is 45.1 Å². The molecule has 2 heterocycles. The monoisotopic (exact) mass is 580 g/mol. The van der Waals surface area contributed by atoms with Crippen LogP contribution in [0.2, 0.25) is 0 Å². The van der Waals surface area contributed by atoms with E-state index in [2.05, 4.69) is 11.9 Å². The van der Waals surface area contributed by atoms with Gasteiger partial charge in [-0.3, -0.25) is 9.36 Å². The Morgan fingerprint density at radius 1 is 0.976 bits per heavy atom. The Kier molecular flexibility index (Phi) is 9.88. The molecule has 9 nitrogen and oxygen atoms in total. The number of carbonyl (C=O) groups is 1. The van der Waals surface area contributed by atoms with Gasteiger partial charge < -0.3 is 23.7 Å². The average Bonchev–Trinajstić information content (AvgIpc) is 3.28. The van der Waals surface area contributed by atoms with Crippen LogP contribution in [-0.2, 0) is 9.53 Å². The number of carbonyl (C=O) groups excluding carboxylic acids is 1. The van der Waals surface area contributed by atoms with Crippen molar-refractivity contribution in [2.24, 2.45) is 4.99 Å². The fourth-order valence-corrected chi connectivity index (χ4v) is 5.76. The first-order chi connectivity index (χ1) is 19.9. The Balaban J connectivity index is 1.85. The van der Waals surface area contributed by atoms with Crippen LogP contribution in [0.5, 0.6) is 23.0 Å². The number of fused-ring (bicyclic) bond motifs is 1. The van der Waals surface area contributed by atoms with E-state index >= 15 is 0 Å². The number of nitrogens with zero attached hydrogens (tertiary/aromatic N) is 2. The zero-order valence-corrected chi connectivity index (χ0v) is 25.1. The van der Waals surface area contributed by atoms with Crippen molar-refractivity contribution in [3.63, 3.8) is 0 Å². The van der Waals surface area contributed by atoms with Crippen molar-refractivity contribution in [3.8, 4) is 23.0 Å². The Bertz CT molecular complexity index is 1620. The molecule has 0 amide bonds. The fourth-order valence-electron chi connectivity index (χ4n) is 4.71. The van der Waals surface area contributed by atoms with E-state index in [-0.39, 0.29) is 12.2 Å².